The molecule has 0 unspecified atom stereocenters. The standard InChI is InChI=1S/C23H24Cl2N4O3/c1-14(2)13-32-23(31)28-20(10-16-11-26-19-9-4-3-7-17(16)19)22(30)29-27-12-15-6-5-8-18(24)21(15)25/h3-9,11-12,14,20,26H,10,13H2,1-2H3,(H,28,31)(H,29,30)/b27-12-/t20-/m0/s1. The minimum Gasteiger partial charge on any atom is -0.449 e. The van der Waals surface area contributed by atoms with E-state index < -0.39 is 18.0 Å². The second kappa shape index (κ2) is 11.0. The molecule has 0 aliphatic rings. The summed E-state index contributed by atoms with van der Waals surface area (Å²) in [6.07, 6.45) is 2.80. The molecule has 32 heavy (non-hydrogen) atoms. The molecule has 7 nitrogen and oxygen atoms in total. The van der Waals surface area contributed by atoms with Gasteiger partial charge in [-0.05, 0) is 23.6 Å². The van der Waals surface area contributed by atoms with Crippen LogP contribution in [0.3, 0.4) is 0 Å². The molecule has 0 saturated carbocycles. The average Bonchev–Trinajstić information content (AvgIpc) is 3.17. The zero-order chi connectivity index (χ0) is 23.1. The summed E-state index contributed by atoms with van der Waals surface area (Å²) in [6, 6.07) is 11.9. The van der Waals surface area contributed by atoms with Gasteiger partial charge in [0.15, 0.2) is 0 Å². The van der Waals surface area contributed by atoms with Crippen LogP contribution in [-0.4, -0.2) is 35.8 Å². The molecule has 0 saturated heterocycles. The van der Waals surface area contributed by atoms with Gasteiger partial charge in [-0.1, -0.05) is 67.4 Å². The molecule has 0 radical (unpaired) electrons. The fraction of sp³-hybridized carbons (Fsp3) is 0.261. The molecule has 168 valence electrons. The van der Waals surface area contributed by atoms with Gasteiger partial charge in [0, 0.05) is 29.1 Å². The summed E-state index contributed by atoms with van der Waals surface area (Å²) in [6.45, 7) is 4.11. The highest BCUT2D eigenvalue weighted by Gasteiger charge is 2.23. The van der Waals surface area contributed by atoms with E-state index in [0.29, 0.717) is 15.6 Å². The maximum Gasteiger partial charge on any atom is 0.407 e. The lowest BCUT2D eigenvalue weighted by atomic mass is 10.0. The number of aromatic amines is 1. The number of nitrogens with one attached hydrogen (secondary N) is 3. The summed E-state index contributed by atoms with van der Waals surface area (Å²) in [5.74, 6) is -0.320. The zero-order valence-corrected chi connectivity index (χ0v) is 19.2. The largest absolute Gasteiger partial charge is 0.449 e. The highest BCUT2D eigenvalue weighted by molar-refractivity contribution is 6.43. The minimum atomic E-state index is -0.902. The molecular formula is C23H24Cl2N4O3. The number of halogens is 2. The number of carbonyl (C=O) groups is 2. The first kappa shape index (κ1) is 23.6. The molecule has 3 aromatic rings. The lowest BCUT2D eigenvalue weighted by molar-refractivity contribution is -0.123. The van der Waals surface area contributed by atoms with Crippen molar-refractivity contribution in [1.82, 2.24) is 15.7 Å². The molecule has 3 N–H and O–H groups in total. The van der Waals surface area contributed by atoms with Gasteiger partial charge in [-0.2, -0.15) is 5.10 Å². The van der Waals surface area contributed by atoms with Gasteiger partial charge in [-0.25, -0.2) is 10.2 Å². The number of amides is 2. The molecule has 0 bridgehead atoms. The molecule has 2 amide bonds. The lowest BCUT2D eigenvalue weighted by Gasteiger charge is -2.17. The summed E-state index contributed by atoms with van der Waals surface area (Å²) in [7, 11) is 0. The normalized spacial score (nSPS) is 12.3. The van der Waals surface area contributed by atoms with Crippen LogP contribution in [0.15, 0.2) is 53.8 Å². The topological polar surface area (TPSA) is 95.6 Å². The summed E-state index contributed by atoms with van der Waals surface area (Å²) < 4.78 is 5.19. The van der Waals surface area contributed by atoms with Crippen LogP contribution in [0.4, 0.5) is 4.79 Å². The molecule has 2 aromatic carbocycles. The van der Waals surface area contributed by atoms with Gasteiger partial charge in [-0.3, -0.25) is 4.79 Å². The Bertz CT molecular complexity index is 1130. The van der Waals surface area contributed by atoms with Crippen molar-refractivity contribution in [3.8, 4) is 0 Å². The van der Waals surface area contributed by atoms with E-state index in [1.807, 2.05) is 44.3 Å². The Kier molecular flexibility index (Phi) is 8.14. The number of ether oxygens (including phenoxy) is 1. The van der Waals surface area contributed by atoms with Crippen LogP contribution in [0.2, 0.25) is 10.0 Å². The number of hydrogen-bond donors (Lipinski definition) is 3. The molecular weight excluding hydrogens is 451 g/mol. The Balaban J connectivity index is 1.74. The molecule has 0 fully saturated rings. The highest BCUT2D eigenvalue weighted by Crippen LogP contribution is 2.24. The van der Waals surface area contributed by atoms with Gasteiger partial charge in [0.25, 0.3) is 5.91 Å². The van der Waals surface area contributed by atoms with Gasteiger partial charge in [0.05, 0.1) is 22.9 Å². The molecule has 1 atom stereocenters. The fourth-order valence-corrected chi connectivity index (χ4v) is 3.38. The molecule has 1 heterocycles. The Morgan fingerprint density at radius 1 is 1.16 bits per heavy atom. The van der Waals surface area contributed by atoms with Gasteiger partial charge in [0.2, 0.25) is 0 Å². The third-order valence-corrected chi connectivity index (χ3v) is 5.45. The number of nitrogens with zero attached hydrogens (tertiary/aromatic N) is 1. The van der Waals surface area contributed by atoms with Crippen LogP contribution in [0.1, 0.15) is 25.0 Å². The molecule has 9 heteroatoms. The molecule has 0 aliphatic heterocycles. The fourth-order valence-electron chi connectivity index (χ4n) is 3.02. The summed E-state index contributed by atoms with van der Waals surface area (Å²) >= 11 is 12.1. The van der Waals surface area contributed by atoms with Crippen molar-refractivity contribution >= 4 is 52.3 Å². The minimum absolute atomic E-state index is 0.175. The van der Waals surface area contributed by atoms with Crippen LogP contribution >= 0.6 is 23.2 Å². The maximum atomic E-state index is 12.9. The smallest absolute Gasteiger partial charge is 0.407 e. The van der Waals surface area contributed by atoms with E-state index in [1.165, 1.54) is 6.21 Å². The van der Waals surface area contributed by atoms with Crippen LogP contribution in [-0.2, 0) is 16.0 Å². The number of para-hydroxylation sites is 1. The molecule has 0 aliphatic carbocycles. The van der Waals surface area contributed by atoms with E-state index >= 15 is 0 Å². The summed E-state index contributed by atoms with van der Waals surface area (Å²) in [5, 5.41) is 8.29. The zero-order valence-electron chi connectivity index (χ0n) is 17.7. The maximum absolute atomic E-state index is 12.9. The predicted molar refractivity (Wildman–Crippen MR) is 127 cm³/mol. The number of H-pyrrole nitrogens is 1. The van der Waals surface area contributed by atoms with E-state index in [4.69, 9.17) is 27.9 Å². The SMILES string of the molecule is CC(C)COC(=O)N[C@@H](Cc1c[nH]c2ccccc12)C(=O)N/N=C\c1cccc(Cl)c1Cl. The summed E-state index contributed by atoms with van der Waals surface area (Å²) in [4.78, 5) is 28.3. The first-order chi connectivity index (χ1) is 15.3. The summed E-state index contributed by atoms with van der Waals surface area (Å²) in [5.41, 5.74) is 4.83. The quantitative estimate of drug-likeness (QED) is 0.319. The van der Waals surface area contributed by atoms with Crippen molar-refractivity contribution in [2.75, 3.05) is 6.61 Å². The second-order valence-corrected chi connectivity index (χ2v) is 8.42. The van der Waals surface area contributed by atoms with E-state index in [2.05, 4.69) is 20.8 Å². The van der Waals surface area contributed by atoms with Crippen molar-refractivity contribution in [1.29, 1.82) is 0 Å². The monoisotopic (exact) mass is 474 g/mol. The molecule has 3 rings (SSSR count). The first-order valence-electron chi connectivity index (χ1n) is 10.1. The number of hydrogen-bond acceptors (Lipinski definition) is 4. The third-order valence-electron chi connectivity index (χ3n) is 4.62. The number of aromatic nitrogens is 1. The number of rotatable bonds is 8. The van der Waals surface area contributed by atoms with Gasteiger partial charge in [-0.15, -0.1) is 0 Å². The van der Waals surface area contributed by atoms with Crippen molar-refractivity contribution < 1.29 is 14.3 Å². The lowest BCUT2D eigenvalue weighted by Crippen LogP contribution is -2.47. The van der Waals surface area contributed by atoms with Crippen LogP contribution in [0, 0.1) is 5.92 Å². The van der Waals surface area contributed by atoms with E-state index in [-0.39, 0.29) is 18.9 Å². The Morgan fingerprint density at radius 2 is 1.94 bits per heavy atom. The number of alkyl carbamates (subject to hydrolysis) is 1. The Hall–Kier alpha value is -3.03. The number of fused-ring (bicyclic) bond motifs is 1. The van der Waals surface area contributed by atoms with Crippen LogP contribution in [0.5, 0.6) is 0 Å². The van der Waals surface area contributed by atoms with Crippen molar-refractivity contribution in [2.24, 2.45) is 11.0 Å². The van der Waals surface area contributed by atoms with E-state index in [9.17, 15) is 9.59 Å². The van der Waals surface area contributed by atoms with Crippen LogP contribution in [0.25, 0.3) is 10.9 Å². The van der Waals surface area contributed by atoms with Crippen LogP contribution < -0.4 is 10.7 Å². The van der Waals surface area contributed by atoms with E-state index in [1.54, 1.807) is 18.2 Å². The van der Waals surface area contributed by atoms with Gasteiger partial charge in [0.1, 0.15) is 6.04 Å². The number of hydrazone groups is 1. The second-order valence-electron chi connectivity index (χ2n) is 7.63. The first-order valence-corrected chi connectivity index (χ1v) is 10.9. The molecule has 1 aromatic heterocycles. The van der Waals surface area contributed by atoms with Crippen molar-refractivity contribution in [3.05, 3.63) is 69.8 Å². The third kappa shape index (κ3) is 6.24. The van der Waals surface area contributed by atoms with Crippen molar-refractivity contribution in [2.45, 2.75) is 26.3 Å². The number of carbonyl (C=O) groups excluding carboxylic acids is 2. The van der Waals surface area contributed by atoms with Crippen molar-refractivity contribution in [3.63, 3.8) is 0 Å². The highest BCUT2D eigenvalue weighted by atomic mass is 35.5. The predicted octanol–water partition coefficient (Wildman–Crippen LogP) is 4.92. The average molecular weight is 475 g/mol. The Morgan fingerprint density at radius 3 is 2.72 bits per heavy atom. The Labute approximate surface area is 196 Å². The van der Waals surface area contributed by atoms with E-state index in [0.717, 1.165) is 16.5 Å². The van der Waals surface area contributed by atoms with Gasteiger partial charge >= 0.3 is 6.09 Å². The van der Waals surface area contributed by atoms with Gasteiger partial charge < -0.3 is 15.0 Å². The number of benzene rings is 2. The molecule has 0 spiro atoms.